The van der Waals surface area contributed by atoms with E-state index in [0.717, 1.165) is 19.6 Å². The Hall–Kier alpha value is -2.34. The van der Waals surface area contributed by atoms with Gasteiger partial charge in [-0.05, 0) is 32.5 Å². The van der Waals surface area contributed by atoms with Crippen LogP contribution in [0.4, 0.5) is 0 Å². The van der Waals surface area contributed by atoms with Crippen LogP contribution in [0.3, 0.4) is 0 Å². The second-order valence-corrected chi connectivity index (χ2v) is 6.53. The fraction of sp³-hybridized carbons (Fsp3) is 0.474. The zero-order chi connectivity index (χ0) is 18.0. The molecular formula is C19H24N2O4. The summed E-state index contributed by atoms with van der Waals surface area (Å²) >= 11 is 0. The van der Waals surface area contributed by atoms with Gasteiger partial charge in [-0.15, -0.1) is 0 Å². The van der Waals surface area contributed by atoms with E-state index in [-0.39, 0.29) is 12.0 Å². The van der Waals surface area contributed by atoms with Crippen LogP contribution in [0.2, 0.25) is 0 Å². The van der Waals surface area contributed by atoms with E-state index in [9.17, 15) is 9.59 Å². The van der Waals surface area contributed by atoms with Gasteiger partial charge in [-0.3, -0.25) is 4.79 Å². The lowest BCUT2D eigenvalue weighted by molar-refractivity contribution is 0.0644. The standard InChI is InChI=1S/C19H24N2O4/c1-4-20-7-9-21(10-8-20)19(23)16-12-18(22)25-17-11-14(24-13(2)3)5-6-15(16)17/h5-6,11-13H,4,7-10H2,1-3H3. The fourth-order valence-corrected chi connectivity index (χ4v) is 3.10. The summed E-state index contributed by atoms with van der Waals surface area (Å²) in [6.07, 6.45) is 0.0175. The largest absolute Gasteiger partial charge is 0.491 e. The van der Waals surface area contributed by atoms with Gasteiger partial charge in [0, 0.05) is 43.7 Å². The number of carbonyl (C=O) groups is 1. The van der Waals surface area contributed by atoms with E-state index in [1.807, 2.05) is 13.8 Å². The number of nitrogens with zero attached hydrogens (tertiary/aromatic N) is 2. The van der Waals surface area contributed by atoms with Crippen LogP contribution < -0.4 is 10.4 Å². The maximum atomic E-state index is 12.9. The summed E-state index contributed by atoms with van der Waals surface area (Å²) < 4.78 is 10.9. The van der Waals surface area contributed by atoms with E-state index in [4.69, 9.17) is 9.15 Å². The molecule has 0 atom stereocenters. The normalized spacial score (nSPS) is 15.8. The Morgan fingerprint density at radius 2 is 1.92 bits per heavy atom. The molecule has 1 aliphatic heterocycles. The SMILES string of the molecule is CCN1CCN(C(=O)c2cc(=O)oc3cc(OC(C)C)ccc23)CC1. The van der Waals surface area contributed by atoms with Crippen molar-refractivity contribution in [3.05, 3.63) is 40.2 Å². The van der Waals surface area contributed by atoms with Crippen LogP contribution in [0.25, 0.3) is 11.0 Å². The molecule has 1 saturated heterocycles. The van der Waals surface area contributed by atoms with Crippen LogP contribution >= 0.6 is 0 Å². The van der Waals surface area contributed by atoms with Gasteiger partial charge in [-0.1, -0.05) is 6.92 Å². The number of rotatable bonds is 4. The van der Waals surface area contributed by atoms with E-state index < -0.39 is 5.63 Å². The maximum Gasteiger partial charge on any atom is 0.337 e. The van der Waals surface area contributed by atoms with Gasteiger partial charge in [0.25, 0.3) is 5.91 Å². The molecule has 3 rings (SSSR count). The van der Waals surface area contributed by atoms with Crippen molar-refractivity contribution in [2.45, 2.75) is 26.9 Å². The third-order valence-electron chi connectivity index (χ3n) is 4.42. The first kappa shape index (κ1) is 17.5. The summed E-state index contributed by atoms with van der Waals surface area (Å²) in [6.45, 7) is 10.0. The van der Waals surface area contributed by atoms with Crippen molar-refractivity contribution in [2.24, 2.45) is 0 Å². The summed E-state index contributed by atoms with van der Waals surface area (Å²) in [5, 5.41) is 0.638. The van der Waals surface area contributed by atoms with Crippen molar-refractivity contribution in [1.82, 2.24) is 9.80 Å². The van der Waals surface area contributed by atoms with E-state index in [1.165, 1.54) is 6.07 Å². The van der Waals surface area contributed by atoms with Crippen LogP contribution in [-0.4, -0.2) is 54.5 Å². The fourth-order valence-electron chi connectivity index (χ4n) is 3.10. The Morgan fingerprint density at radius 3 is 2.56 bits per heavy atom. The van der Waals surface area contributed by atoms with Gasteiger partial charge in [0.2, 0.25) is 0 Å². The molecule has 6 heteroatoms. The van der Waals surface area contributed by atoms with Gasteiger partial charge in [-0.25, -0.2) is 4.79 Å². The average Bonchev–Trinajstić information content (AvgIpc) is 2.59. The highest BCUT2D eigenvalue weighted by molar-refractivity contribution is 6.05. The molecule has 0 saturated carbocycles. The van der Waals surface area contributed by atoms with Crippen molar-refractivity contribution in [2.75, 3.05) is 32.7 Å². The molecule has 0 unspecified atom stereocenters. The molecule has 0 radical (unpaired) electrons. The zero-order valence-electron chi connectivity index (χ0n) is 14.9. The quantitative estimate of drug-likeness (QED) is 0.797. The molecule has 134 valence electrons. The van der Waals surface area contributed by atoms with Crippen molar-refractivity contribution in [3.8, 4) is 5.75 Å². The number of likely N-dealkylation sites (N-methyl/N-ethyl adjacent to an activating group) is 1. The number of carbonyl (C=O) groups excluding carboxylic acids is 1. The number of hydrogen-bond donors (Lipinski definition) is 0. The molecule has 1 fully saturated rings. The van der Waals surface area contributed by atoms with Crippen molar-refractivity contribution >= 4 is 16.9 Å². The highest BCUT2D eigenvalue weighted by atomic mass is 16.5. The second kappa shape index (κ2) is 7.27. The van der Waals surface area contributed by atoms with Gasteiger partial charge in [0.15, 0.2) is 0 Å². The number of amides is 1. The summed E-state index contributed by atoms with van der Waals surface area (Å²) in [5.74, 6) is 0.498. The molecule has 1 aromatic heterocycles. The third kappa shape index (κ3) is 3.85. The lowest BCUT2D eigenvalue weighted by Crippen LogP contribution is -2.48. The summed E-state index contributed by atoms with van der Waals surface area (Å²) in [5.41, 5.74) is 0.248. The van der Waals surface area contributed by atoms with Gasteiger partial charge >= 0.3 is 5.63 Å². The predicted molar refractivity (Wildman–Crippen MR) is 96.3 cm³/mol. The molecule has 0 aliphatic carbocycles. The molecule has 0 N–H and O–H groups in total. The molecular weight excluding hydrogens is 320 g/mol. The molecule has 0 bridgehead atoms. The molecule has 0 spiro atoms. The minimum atomic E-state index is -0.523. The molecule has 1 aromatic carbocycles. The lowest BCUT2D eigenvalue weighted by atomic mass is 10.1. The van der Waals surface area contributed by atoms with E-state index in [0.29, 0.717) is 35.4 Å². The molecule has 25 heavy (non-hydrogen) atoms. The maximum absolute atomic E-state index is 12.9. The van der Waals surface area contributed by atoms with Crippen LogP contribution in [0.15, 0.2) is 33.5 Å². The topological polar surface area (TPSA) is 63.0 Å². The second-order valence-electron chi connectivity index (χ2n) is 6.53. The van der Waals surface area contributed by atoms with Crippen LogP contribution in [0.5, 0.6) is 5.75 Å². The molecule has 1 amide bonds. The molecule has 2 aromatic rings. The molecule has 2 heterocycles. The number of piperazine rings is 1. The predicted octanol–water partition coefficient (Wildman–Crippen LogP) is 2.36. The Balaban J connectivity index is 1.93. The Kier molecular flexibility index (Phi) is 5.08. The first-order chi connectivity index (χ1) is 12.0. The Labute approximate surface area is 147 Å². The lowest BCUT2D eigenvalue weighted by Gasteiger charge is -2.34. The summed E-state index contributed by atoms with van der Waals surface area (Å²) in [6, 6.07) is 6.54. The minimum absolute atomic E-state index is 0.0175. The first-order valence-corrected chi connectivity index (χ1v) is 8.74. The van der Waals surface area contributed by atoms with E-state index >= 15 is 0 Å². The molecule has 6 nitrogen and oxygen atoms in total. The van der Waals surface area contributed by atoms with Crippen LogP contribution in [-0.2, 0) is 0 Å². The summed E-state index contributed by atoms with van der Waals surface area (Å²) in [7, 11) is 0. The highest BCUT2D eigenvalue weighted by Gasteiger charge is 2.23. The average molecular weight is 344 g/mol. The van der Waals surface area contributed by atoms with E-state index in [2.05, 4.69) is 11.8 Å². The van der Waals surface area contributed by atoms with Gasteiger partial charge in [-0.2, -0.15) is 0 Å². The smallest absolute Gasteiger partial charge is 0.337 e. The number of fused-ring (bicyclic) bond motifs is 1. The van der Waals surface area contributed by atoms with Gasteiger partial charge < -0.3 is 19.0 Å². The van der Waals surface area contributed by atoms with Gasteiger partial charge in [0.05, 0.1) is 11.7 Å². The monoisotopic (exact) mass is 344 g/mol. The first-order valence-electron chi connectivity index (χ1n) is 8.74. The molecule has 1 aliphatic rings. The minimum Gasteiger partial charge on any atom is -0.491 e. The summed E-state index contributed by atoms with van der Waals surface area (Å²) in [4.78, 5) is 29.0. The van der Waals surface area contributed by atoms with Crippen LogP contribution in [0, 0.1) is 0 Å². The van der Waals surface area contributed by atoms with Gasteiger partial charge in [0.1, 0.15) is 11.3 Å². The highest BCUT2D eigenvalue weighted by Crippen LogP contribution is 2.24. The number of hydrogen-bond acceptors (Lipinski definition) is 5. The Morgan fingerprint density at radius 1 is 1.20 bits per heavy atom. The van der Waals surface area contributed by atoms with E-state index in [1.54, 1.807) is 23.1 Å². The van der Waals surface area contributed by atoms with Crippen molar-refractivity contribution < 1.29 is 13.9 Å². The Bertz CT molecular complexity index is 820. The van der Waals surface area contributed by atoms with Crippen molar-refractivity contribution in [3.63, 3.8) is 0 Å². The number of ether oxygens (including phenoxy) is 1. The zero-order valence-corrected chi connectivity index (χ0v) is 14.9. The number of benzene rings is 1. The third-order valence-corrected chi connectivity index (χ3v) is 4.42. The van der Waals surface area contributed by atoms with Crippen LogP contribution in [0.1, 0.15) is 31.1 Å². The van der Waals surface area contributed by atoms with Crippen molar-refractivity contribution in [1.29, 1.82) is 0 Å².